The third-order valence-electron chi connectivity index (χ3n) is 2.54. The molecule has 0 aliphatic rings. The first-order valence-corrected chi connectivity index (χ1v) is 7.35. The van der Waals surface area contributed by atoms with Crippen LogP contribution in [0.15, 0.2) is 29.2 Å². The van der Waals surface area contributed by atoms with E-state index in [9.17, 15) is 9.59 Å². The number of nitrogens with two attached hydrogens (primary N) is 1. The molecule has 0 fully saturated rings. The molecule has 5 nitrogen and oxygen atoms in total. The molecule has 0 aromatic heterocycles. The summed E-state index contributed by atoms with van der Waals surface area (Å²) in [7, 11) is 0. The molecule has 0 saturated heterocycles. The minimum absolute atomic E-state index is 0.379. The average Bonchev–Trinajstić information content (AvgIpc) is 2.36. The number of urea groups is 1. The largest absolute Gasteiger partial charge is 0.351 e. The van der Waals surface area contributed by atoms with Gasteiger partial charge in [-0.2, -0.15) is 0 Å². The fourth-order valence-corrected chi connectivity index (χ4v) is 2.48. The van der Waals surface area contributed by atoms with Crippen molar-refractivity contribution in [2.75, 3.05) is 0 Å². The lowest BCUT2D eigenvalue weighted by Crippen LogP contribution is -2.39. The highest BCUT2D eigenvalue weighted by atomic mass is 32.2. The lowest BCUT2D eigenvalue weighted by molar-refractivity contribution is -0.119. The molecular weight excluding hydrogens is 274 g/mol. The molecule has 1 atom stereocenters. The van der Waals surface area contributed by atoms with Crippen molar-refractivity contribution >= 4 is 23.7 Å². The highest BCUT2D eigenvalue weighted by Gasteiger charge is 2.15. The summed E-state index contributed by atoms with van der Waals surface area (Å²) in [5.41, 5.74) is 6.09. The van der Waals surface area contributed by atoms with Gasteiger partial charge in [0.15, 0.2) is 0 Å². The molecule has 6 heteroatoms. The molecule has 4 N–H and O–H groups in total. The zero-order valence-corrected chi connectivity index (χ0v) is 12.8. The van der Waals surface area contributed by atoms with E-state index in [2.05, 4.69) is 24.5 Å². The Morgan fingerprint density at radius 2 is 2.00 bits per heavy atom. The lowest BCUT2D eigenvalue weighted by Gasteiger charge is -2.12. The summed E-state index contributed by atoms with van der Waals surface area (Å²) in [5, 5.41) is 5.05. The van der Waals surface area contributed by atoms with Gasteiger partial charge in [0.05, 0.1) is 5.25 Å². The summed E-state index contributed by atoms with van der Waals surface area (Å²) in [4.78, 5) is 23.2. The smallest absolute Gasteiger partial charge is 0.318 e. The van der Waals surface area contributed by atoms with E-state index in [1.807, 2.05) is 24.3 Å². The topological polar surface area (TPSA) is 84.2 Å². The van der Waals surface area contributed by atoms with Crippen LogP contribution in [0.25, 0.3) is 0 Å². The van der Waals surface area contributed by atoms with Gasteiger partial charge < -0.3 is 11.1 Å². The van der Waals surface area contributed by atoms with Gasteiger partial charge in [0.25, 0.3) is 0 Å². The fourth-order valence-electron chi connectivity index (χ4n) is 1.53. The number of rotatable bonds is 6. The first-order valence-electron chi connectivity index (χ1n) is 6.47. The van der Waals surface area contributed by atoms with E-state index in [4.69, 9.17) is 5.73 Å². The lowest BCUT2D eigenvalue weighted by atomic mass is 10.2. The van der Waals surface area contributed by atoms with Crippen LogP contribution in [-0.4, -0.2) is 23.2 Å². The molecule has 0 aliphatic heterocycles. The van der Waals surface area contributed by atoms with Gasteiger partial charge in [0, 0.05) is 17.5 Å². The second kappa shape index (κ2) is 7.91. The summed E-state index contributed by atoms with van der Waals surface area (Å²) in [6.07, 6.45) is 0. The molecule has 110 valence electrons. The highest BCUT2D eigenvalue weighted by Crippen LogP contribution is 2.24. The summed E-state index contributed by atoms with van der Waals surface area (Å²) in [6, 6.07) is 7.57. The minimum atomic E-state index is -0.822. The maximum Gasteiger partial charge on any atom is 0.318 e. The Balaban J connectivity index is 2.61. The molecule has 0 bridgehead atoms. The highest BCUT2D eigenvalue weighted by molar-refractivity contribution is 8.00. The zero-order valence-electron chi connectivity index (χ0n) is 12.0. The molecule has 1 rings (SSSR count). The molecule has 1 aromatic carbocycles. The fraction of sp³-hybridized carbons (Fsp3) is 0.429. The molecule has 0 saturated carbocycles. The van der Waals surface area contributed by atoms with Crippen molar-refractivity contribution in [1.82, 2.24) is 10.6 Å². The van der Waals surface area contributed by atoms with Crippen LogP contribution in [0, 0.1) is 0 Å². The predicted molar refractivity (Wildman–Crippen MR) is 81.5 cm³/mol. The monoisotopic (exact) mass is 295 g/mol. The Kier molecular flexibility index (Phi) is 6.54. The molecule has 0 radical (unpaired) electrons. The molecule has 0 heterocycles. The normalized spacial score (nSPS) is 12.2. The van der Waals surface area contributed by atoms with E-state index in [0.717, 1.165) is 17.0 Å². The molecule has 1 unspecified atom stereocenters. The van der Waals surface area contributed by atoms with Gasteiger partial charge in [-0.25, -0.2) is 4.79 Å². The summed E-state index contributed by atoms with van der Waals surface area (Å²) >= 11 is 1.39. The third kappa shape index (κ3) is 6.08. The number of amides is 3. The first-order chi connectivity index (χ1) is 9.38. The summed E-state index contributed by atoms with van der Waals surface area (Å²) in [5.74, 6) is -0.381. The van der Waals surface area contributed by atoms with Crippen LogP contribution in [0.5, 0.6) is 0 Å². The van der Waals surface area contributed by atoms with Gasteiger partial charge in [-0.1, -0.05) is 26.0 Å². The molecule has 0 aliphatic carbocycles. The number of hydrogen-bond acceptors (Lipinski definition) is 4. The zero-order chi connectivity index (χ0) is 15.1. The maximum atomic E-state index is 11.6. The Bertz CT molecular complexity index is 477. The Morgan fingerprint density at radius 3 is 2.60 bits per heavy atom. The van der Waals surface area contributed by atoms with Gasteiger partial charge in [0.1, 0.15) is 0 Å². The summed E-state index contributed by atoms with van der Waals surface area (Å²) in [6.45, 7) is 6.71. The van der Waals surface area contributed by atoms with E-state index in [1.165, 1.54) is 11.8 Å². The van der Waals surface area contributed by atoms with Gasteiger partial charge in [-0.3, -0.25) is 10.1 Å². The van der Waals surface area contributed by atoms with Crippen molar-refractivity contribution < 1.29 is 9.59 Å². The van der Waals surface area contributed by atoms with Crippen LogP contribution in [0.2, 0.25) is 0 Å². The number of nitrogens with one attached hydrogen (secondary N) is 2. The number of primary amides is 1. The minimum Gasteiger partial charge on any atom is -0.351 e. The Morgan fingerprint density at radius 1 is 1.30 bits per heavy atom. The van der Waals surface area contributed by atoms with Crippen LogP contribution >= 0.6 is 11.8 Å². The second-order valence-corrected chi connectivity index (χ2v) is 6.21. The molecular formula is C14H21N3O2S. The van der Waals surface area contributed by atoms with Crippen molar-refractivity contribution in [3.8, 4) is 0 Å². The average molecular weight is 295 g/mol. The van der Waals surface area contributed by atoms with Crippen LogP contribution in [0.4, 0.5) is 4.79 Å². The van der Waals surface area contributed by atoms with Crippen molar-refractivity contribution in [3.63, 3.8) is 0 Å². The van der Waals surface area contributed by atoms with Crippen LogP contribution < -0.4 is 16.4 Å². The Labute approximate surface area is 123 Å². The van der Waals surface area contributed by atoms with Gasteiger partial charge in [-0.15, -0.1) is 11.8 Å². The van der Waals surface area contributed by atoms with Crippen LogP contribution in [0.1, 0.15) is 26.3 Å². The van der Waals surface area contributed by atoms with Crippen LogP contribution in [0.3, 0.4) is 0 Å². The number of hydrogen-bond donors (Lipinski definition) is 3. The van der Waals surface area contributed by atoms with Crippen molar-refractivity contribution in [2.24, 2.45) is 5.73 Å². The van der Waals surface area contributed by atoms with Gasteiger partial charge >= 0.3 is 6.03 Å². The molecule has 3 amide bonds. The van der Waals surface area contributed by atoms with Gasteiger partial charge in [0.2, 0.25) is 5.91 Å². The Hall–Kier alpha value is -1.53. The number of carbonyl (C=O) groups is 2. The maximum absolute atomic E-state index is 11.6. The molecule has 0 spiro atoms. The number of thioether (sulfide) groups is 1. The van der Waals surface area contributed by atoms with E-state index in [1.54, 1.807) is 6.92 Å². The van der Waals surface area contributed by atoms with E-state index < -0.39 is 6.03 Å². The van der Waals surface area contributed by atoms with Crippen LogP contribution in [-0.2, 0) is 11.3 Å². The third-order valence-corrected chi connectivity index (χ3v) is 3.64. The van der Waals surface area contributed by atoms with Crippen molar-refractivity contribution in [2.45, 2.75) is 43.5 Å². The van der Waals surface area contributed by atoms with Crippen molar-refractivity contribution in [1.29, 1.82) is 0 Å². The second-order valence-electron chi connectivity index (χ2n) is 4.80. The number of benzene rings is 1. The van der Waals surface area contributed by atoms with E-state index in [0.29, 0.717) is 6.04 Å². The van der Waals surface area contributed by atoms with E-state index >= 15 is 0 Å². The molecule has 20 heavy (non-hydrogen) atoms. The van der Waals surface area contributed by atoms with Crippen molar-refractivity contribution in [3.05, 3.63) is 29.8 Å². The van der Waals surface area contributed by atoms with E-state index in [-0.39, 0.29) is 11.2 Å². The standard InChI is InChI=1S/C14H21N3O2S/c1-9(2)16-8-11-5-4-6-12(7-11)20-10(3)13(18)17-14(15)19/h4-7,9-10,16H,8H2,1-3H3,(H3,15,17,18,19). The SMILES string of the molecule is CC(C)NCc1cccc(SC(C)C(=O)NC(N)=O)c1. The molecule has 1 aromatic rings. The quantitative estimate of drug-likeness (QED) is 0.699. The first kappa shape index (κ1) is 16.5. The summed E-state index contributed by atoms with van der Waals surface area (Å²) < 4.78 is 0. The predicted octanol–water partition coefficient (Wildman–Crippen LogP) is 1.86. The number of imide groups is 1. The number of carbonyl (C=O) groups excluding carboxylic acids is 2. The van der Waals surface area contributed by atoms with Gasteiger partial charge in [-0.05, 0) is 24.6 Å².